The van der Waals surface area contributed by atoms with Crippen LogP contribution in [0.1, 0.15) is 64.2 Å². The number of hydrogen-bond acceptors (Lipinski definition) is 5. The number of quaternary nitrogens is 1. The number of carboxylic acids is 2. The van der Waals surface area contributed by atoms with Crippen molar-refractivity contribution in [3.05, 3.63) is 0 Å². The number of rotatable bonds is 16. The minimum atomic E-state index is -0.993. The summed E-state index contributed by atoms with van der Waals surface area (Å²) in [6.07, 6.45) is 3.76. The van der Waals surface area contributed by atoms with Crippen molar-refractivity contribution >= 4 is 17.9 Å². The number of likely N-dealkylation sites (N-methyl/N-ethyl adjacent to an activating group) is 1. The fourth-order valence-electron chi connectivity index (χ4n) is 2.82. The van der Waals surface area contributed by atoms with Gasteiger partial charge < -0.3 is 24.5 Å². The van der Waals surface area contributed by atoms with E-state index in [-0.39, 0.29) is 19.3 Å². The molecule has 158 valence electrons. The average molecular weight is 390 g/mol. The van der Waals surface area contributed by atoms with Crippen LogP contribution in [0.3, 0.4) is 0 Å². The molecule has 0 aliphatic rings. The van der Waals surface area contributed by atoms with Gasteiger partial charge in [-0.3, -0.25) is 14.4 Å². The van der Waals surface area contributed by atoms with Crippen molar-refractivity contribution in [1.82, 2.24) is 0 Å². The van der Waals surface area contributed by atoms with E-state index in [1.807, 2.05) is 21.1 Å². The molecule has 0 aromatic rings. The molecule has 0 radical (unpaired) electrons. The van der Waals surface area contributed by atoms with Crippen molar-refractivity contribution in [2.24, 2.45) is 0 Å². The molecule has 2 atom stereocenters. The molecule has 27 heavy (non-hydrogen) atoms. The zero-order valence-corrected chi connectivity index (χ0v) is 16.9. The molecule has 0 saturated carbocycles. The van der Waals surface area contributed by atoms with Gasteiger partial charge in [0.05, 0.1) is 33.7 Å². The lowest BCUT2D eigenvalue weighted by Gasteiger charge is -2.28. The Bertz CT molecular complexity index is 459. The van der Waals surface area contributed by atoms with Crippen LogP contribution in [-0.2, 0) is 19.1 Å². The van der Waals surface area contributed by atoms with Crippen molar-refractivity contribution in [3.8, 4) is 0 Å². The van der Waals surface area contributed by atoms with E-state index in [4.69, 9.17) is 14.9 Å². The van der Waals surface area contributed by atoms with Gasteiger partial charge in [-0.15, -0.1) is 0 Å². The van der Waals surface area contributed by atoms with E-state index in [2.05, 4.69) is 0 Å². The molecule has 0 spiro atoms. The minimum Gasteiger partial charge on any atom is -0.481 e. The molecule has 0 aliphatic heterocycles. The summed E-state index contributed by atoms with van der Waals surface area (Å²) < 4.78 is 5.81. The average Bonchev–Trinajstić information content (AvgIpc) is 2.48. The monoisotopic (exact) mass is 390 g/mol. The van der Waals surface area contributed by atoms with E-state index in [1.165, 1.54) is 0 Å². The van der Waals surface area contributed by atoms with Crippen LogP contribution >= 0.6 is 0 Å². The van der Waals surface area contributed by atoms with Gasteiger partial charge in [0.1, 0.15) is 6.54 Å². The number of hydrogen-bond donors (Lipinski definition) is 3. The van der Waals surface area contributed by atoms with Crippen molar-refractivity contribution < 1.29 is 38.9 Å². The molecule has 0 rings (SSSR count). The number of aliphatic hydroxyl groups excluding tert-OH is 1. The number of unbranched alkanes of at least 4 members (excludes halogenated alkanes) is 3. The van der Waals surface area contributed by atoms with Crippen LogP contribution in [0, 0.1) is 0 Å². The van der Waals surface area contributed by atoms with Gasteiger partial charge >= 0.3 is 17.9 Å². The molecule has 2 unspecified atom stereocenters. The lowest BCUT2D eigenvalue weighted by molar-refractivity contribution is -0.873. The number of ether oxygens (including phenoxy) is 1. The lowest BCUT2D eigenvalue weighted by Crippen LogP contribution is -2.43. The largest absolute Gasteiger partial charge is 0.481 e. The highest BCUT2D eigenvalue weighted by Gasteiger charge is 2.24. The number of carboxylic acid groups (broad SMARTS) is 2. The summed E-state index contributed by atoms with van der Waals surface area (Å²) in [6, 6.07) is 0. The van der Waals surface area contributed by atoms with Crippen LogP contribution in [0.2, 0.25) is 0 Å². The Morgan fingerprint density at radius 1 is 0.852 bits per heavy atom. The smallest absolute Gasteiger partial charge is 0.307 e. The molecule has 8 nitrogen and oxygen atoms in total. The number of carbonyl (C=O) groups is 3. The highest BCUT2D eigenvalue weighted by molar-refractivity contribution is 5.71. The van der Waals surface area contributed by atoms with Gasteiger partial charge in [-0.2, -0.15) is 0 Å². The first-order valence-corrected chi connectivity index (χ1v) is 9.61. The van der Waals surface area contributed by atoms with Crippen LogP contribution in [0.4, 0.5) is 0 Å². The maximum absolute atomic E-state index is 11.9. The van der Waals surface area contributed by atoms with Gasteiger partial charge in [0.25, 0.3) is 0 Å². The quantitative estimate of drug-likeness (QED) is 0.209. The van der Waals surface area contributed by atoms with Crippen LogP contribution in [0.5, 0.6) is 0 Å². The molecular weight excluding hydrogens is 354 g/mol. The van der Waals surface area contributed by atoms with E-state index < -0.39 is 30.1 Å². The zero-order chi connectivity index (χ0) is 20.9. The summed E-state index contributed by atoms with van der Waals surface area (Å²) >= 11 is 0. The minimum absolute atomic E-state index is 0.162. The SMILES string of the molecule is C[N+](C)(C)CC(CC(=O)O)OC(=O)CCCCC(O)CCCCCC(=O)O. The molecule has 0 fully saturated rings. The number of nitrogens with zero attached hydrogens (tertiary/aromatic N) is 1. The van der Waals surface area contributed by atoms with Gasteiger partial charge in [-0.1, -0.05) is 19.3 Å². The normalized spacial score (nSPS) is 13.8. The van der Waals surface area contributed by atoms with Crippen LogP contribution < -0.4 is 0 Å². The predicted molar refractivity (Wildman–Crippen MR) is 100 cm³/mol. The first-order chi connectivity index (χ1) is 12.5. The van der Waals surface area contributed by atoms with E-state index in [1.54, 1.807) is 0 Å². The first kappa shape index (κ1) is 25.3. The van der Waals surface area contributed by atoms with Gasteiger partial charge in [0.2, 0.25) is 0 Å². The van der Waals surface area contributed by atoms with E-state index in [9.17, 15) is 19.5 Å². The van der Waals surface area contributed by atoms with Gasteiger partial charge in [-0.05, 0) is 25.7 Å². The summed E-state index contributed by atoms with van der Waals surface area (Å²) in [5.74, 6) is -2.19. The molecule has 8 heteroatoms. The van der Waals surface area contributed by atoms with Gasteiger partial charge in [-0.25, -0.2) is 0 Å². The van der Waals surface area contributed by atoms with E-state index in [0.29, 0.717) is 43.1 Å². The maximum Gasteiger partial charge on any atom is 0.307 e. The Labute approximate surface area is 161 Å². The molecule has 0 aliphatic carbocycles. The standard InChI is InChI=1S/C19H35NO7/c1-20(2,3)14-16(13-18(24)25)27-19(26)12-8-7-10-15(21)9-5-4-6-11-17(22)23/h15-16,21H,4-14H2,1-3H3,(H-,22,23,24,25)/p+1. The Morgan fingerprint density at radius 3 is 1.93 bits per heavy atom. The fraction of sp³-hybridized carbons (Fsp3) is 0.842. The summed E-state index contributed by atoms with van der Waals surface area (Å²) in [6.45, 7) is 0.429. The van der Waals surface area contributed by atoms with Crippen LogP contribution in [0.25, 0.3) is 0 Å². The second-order valence-corrected chi connectivity index (χ2v) is 8.08. The number of carbonyl (C=O) groups excluding carboxylic acids is 1. The third-order valence-corrected chi connectivity index (χ3v) is 4.05. The summed E-state index contributed by atoms with van der Waals surface area (Å²) in [7, 11) is 5.73. The van der Waals surface area contributed by atoms with E-state index >= 15 is 0 Å². The van der Waals surface area contributed by atoms with Crippen LogP contribution in [0.15, 0.2) is 0 Å². The third-order valence-electron chi connectivity index (χ3n) is 4.05. The number of aliphatic hydroxyl groups is 1. The predicted octanol–water partition coefficient (Wildman–Crippen LogP) is 2.04. The second-order valence-electron chi connectivity index (χ2n) is 8.08. The third kappa shape index (κ3) is 17.5. The Kier molecular flexibility index (Phi) is 12.7. The molecule has 0 saturated heterocycles. The molecule has 0 bridgehead atoms. The number of aliphatic carboxylic acids is 2. The highest BCUT2D eigenvalue weighted by atomic mass is 16.5. The van der Waals surface area contributed by atoms with Gasteiger partial charge in [0, 0.05) is 12.8 Å². The topological polar surface area (TPSA) is 121 Å². The van der Waals surface area contributed by atoms with Crippen LogP contribution in [-0.4, -0.2) is 77.6 Å². The molecular formula is C19H36NO7+. The Balaban J connectivity index is 3.92. The molecule has 0 heterocycles. The van der Waals surface area contributed by atoms with Crippen molar-refractivity contribution in [1.29, 1.82) is 0 Å². The molecule has 3 N–H and O–H groups in total. The molecule has 0 aromatic carbocycles. The highest BCUT2D eigenvalue weighted by Crippen LogP contribution is 2.13. The van der Waals surface area contributed by atoms with Crippen molar-refractivity contribution in [2.45, 2.75) is 76.4 Å². The maximum atomic E-state index is 11.9. The summed E-state index contributed by atoms with van der Waals surface area (Å²) in [5.41, 5.74) is 0. The Hall–Kier alpha value is -1.67. The van der Waals surface area contributed by atoms with Crippen molar-refractivity contribution in [3.63, 3.8) is 0 Å². The van der Waals surface area contributed by atoms with Crippen molar-refractivity contribution in [2.75, 3.05) is 27.7 Å². The second kappa shape index (κ2) is 13.5. The zero-order valence-electron chi connectivity index (χ0n) is 16.9. The molecule has 0 amide bonds. The first-order valence-electron chi connectivity index (χ1n) is 9.61. The van der Waals surface area contributed by atoms with E-state index in [0.717, 1.165) is 12.8 Å². The van der Waals surface area contributed by atoms with Gasteiger partial charge in [0.15, 0.2) is 6.10 Å². The molecule has 0 aromatic heterocycles. The lowest BCUT2D eigenvalue weighted by atomic mass is 10.0. The number of esters is 1. The summed E-state index contributed by atoms with van der Waals surface area (Å²) in [4.78, 5) is 33.2. The Morgan fingerprint density at radius 2 is 1.41 bits per heavy atom. The fourth-order valence-corrected chi connectivity index (χ4v) is 2.82. The summed E-state index contributed by atoms with van der Waals surface area (Å²) in [5, 5.41) is 27.4.